The first kappa shape index (κ1) is 22.8. The van der Waals surface area contributed by atoms with Gasteiger partial charge < -0.3 is 20.0 Å². The summed E-state index contributed by atoms with van der Waals surface area (Å²) in [6.07, 6.45) is 1.06. The highest BCUT2D eigenvalue weighted by molar-refractivity contribution is 5.98. The molecule has 1 spiro atoms. The fourth-order valence-corrected chi connectivity index (χ4v) is 4.93. The van der Waals surface area contributed by atoms with Gasteiger partial charge in [-0.15, -0.1) is 0 Å². The second-order valence-corrected chi connectivity index (χ2v) is 9.27. The lowest BCUT2D eigenvalue weighted by molar-refractivity contribution is -0.137. The number of anilines is 1. The van der Waals surface area contributed by atoms with Crippen LogP contribution >= 0.6 is 0 Å². The van der Waals surface area contributed by atoms with Crippen molar-refractivity contribution < 1.29 is 14.4 Å². The van der Waals surface area contributed by atoms with Crippen LogP contribution in [0.15, 0.2) is 54.6 Å². The molecule has 2 aliphatic heterocycles. The molecule has 0 aliphatic carbocycles. The highest BCUT2D eigenvalue weighted by Crippen LogP contribution is 2.39. The zero-order chi connectivity index (χ0) is 23.6. The SMILES string of the molecule is Cc1ccccc1C(=O)N1CCC2(CC1)C(=O)N(CC(=O)NC(C)C)CN2c1ccccc1. The highest BCUT2D eigenvalue weighted by Gasteiger charge is 2.54. The summed E-state index contributed by atoms with van der Waals surface area (Å²) in [6.45, 7) is 7.14. The van der Waals surface area contributed by atoms with Crippen LogP contribution in [-0.2, 0) is 9.59 Å². The molecule has 1 N–H and O–H groups in total. The normalized spacial score (nSPS) is 17.7. The Kier molecular flexibility index (Phi) is 6.40. The largest absolute Gasteiger partial charge is 0.352 e. The molecule has 2 aromatic rings. The quantitative estimate of drug-likeness (QED) is 0.764. The van der Waals surface area contributed by atoms with Crippen molar-refractivity contribution in [3.8, 4) is 0 Å². The number of carbonyl (C=O) groups excluding carboxylic acids is 3. The summed E-state index contributed by atoms with van der Waals surface area (Å²) >= 11 is 0. The predicted molar refractivity (Wildman–Crippen MR) is 128 cm³/mol. The molecule has 0 atom stereocenters. The molecule has 7 heteroatoms. The summed E-state index contributed by atoms with van der Waals surface area (Å²) in [6, 6.07) is 17.5. The van der Waals surface area contributed by atoms with Crippen LogP contribution in [0.3, 0.4) is 0 Å². The summed E-state index contributed by atoms with van der Waals surface area (Å²) in [7, 11) is 0. The summed E-state index contributed by atoms with van der Waals surface area (Å²) in [5.74, 6) is -0.184. The van der Waals surface area contributed by atoms with Crippen LogP contribution in [0.1, 0.15) is 42.6 Å². The Balaban J connectivity index is 1.56. The number of amides is 3. The van der Waals surface area contributed by atoms with Gasteiger partial charge in [0.05, 0.1) is 6.67 Å². The van der Waals surface area contributed by atoms with Gasteiger partial charge in [0.25, 0.3) is 11.8 Å². The van der Waals surface area contributed by atoms with Gasteiger partial charge >= 0.3 is 0 Å². The van der Waals surface area contributed by atoms with Crippen molar-refractivity contribution in [1.29, 1.82) is 0 Å². The molecule has 0 saturated carbocycles. The number of nitrogens with one attached hydrogen (secondary N) is 1. The topological polar surface area (TPSA) is 73.0 Å². The summed E-state index contributed by atoms with van der Waals surface area (Å²) in [4.78, 5) is 44.9. The van der Waals surface area contributed by atoms with Gasteiger partial charge in [-0.25, -0.2) is 0 Å². The van der Waals surface area contributed by atoms with Gasteiger partial charge in [0, 0.05) is 30.4 Å². The molecule has 0 bridgehead atoms. The van der Waals surface area contributed by atoms with Crippen molar-refractivity contribution in [3.63, 3.8) is 0 Å². The number of rotatable bonds is 5. The number of aryl methyl sites for hydroxylation is 1. The monoisotopic (exact) mass is 448 g/mol. The molecule has 2 heterocycles. The molecule has 2 fully saturated rings. The lowest BCUT2D eigenvalue weighted by atomic mass is 9.85. The Labute approximate surface area is 195 Å². The standard InChI is InChI=1S/C26H32N4O3/c1-19(2)27-23(31)17-29-18-30(21-10-5-4-6-11-21)26(25(29)33)13-15-28(16-14-26)24(32)22-12-8-7-9-20(22)3/h4-12,19H,13-18H2,1-3H3,(H,27,31). The van der Waals surface area contributed by atoms with Crippen LogP contribution in [0.2, 0.25) is 0 Å². The number of benzene rings is 2. The van der Waals surface area contributed by atoms with E-state index >= 15 is 0 Å². The van der Waals surface area contributed by atoms with E-state index in [-0.39, 0.29) is 30.3 Å². The third kappa shape index (κ3) is 4.45. The maximum atomic E-state index is 13.7. The molecule has 174 valence electrons. The second kappa shape index (κ2) is 9.25. The number of hydrogen-bond acceptors (Lipinski definition) is 4. The Bertz CT molecular complexity index is 1030. The third-order valence-corrected chi connectivity index (χ3v) is 6.62. The maximum absolute atomic E-state index is 13.7. The molecule has 2 aromatic carbocycles. The molecule has 0 radical (unpaired) electrons. The van der Waals surface area contributed by atoms with E-state index in [0.29, 0.717) is 38.2 Å². The van der Waals surface area contributed by atoms with Crippen molar-refractivity contribution >= 4 is 23.4 Å². The third-order valence-electron chi connectivity index (χ3n) is 6.62. The summed E-state index contributed by atoms with van der Waals surface area (Å²) < 4.78 is 0. The van der Waals surface area contributed by atoms with Crippen molar-refractivity contribution in [2.24, 2.45) is 0 Å². The number of piperidine rings is 1. The van der Waals surface area contributed by atoms with E-state index in [1.807, 2.05) is 80.3 Å². The molecule has 33 heavy (non-hydrogen) atoms. The smallest absolute Gasteiger partial charge is 0.254 e. The average molecular weight is 449 g/mol. The zero-order valence-corrected chi connectivity index (χ0v) is 19.6. The van der Waals surface area contributed by atoms with E-state index in [0.717, 1.165) is 11.3 Å². The van der Waals surface area contributed by atoms with Crippen molar-refractivity contribution in [1.82, 2.24) is 15.1 Å². The van der Waals surface area contributed by atoms with E-state index in [1.165, 1.54) is 0 Å². The Morgan fingerprint density at radius 2 is 1.64 bits per heavy atom. The average Bonchev–Trinajstić information content (AvgIpc) is 3.05. The zero-order valence-electron chi connectivity index (χ0n) is 19.6. The molecule has 0 aromatic heterocycles. The van der Waals surface area contributed by atoms with Gasteiger partial charge in [-0.05, 0) is 57.4 Å². The van der Waals surface area contributed by atoms with Crippen molar-refractivity contribution in [2.75, 3.05) is 31.2 Å². The highest BCUT2D eigenvalue weighted by atomic mass is 16.2. The second-order valence-electron chi connectivity index (χ2n) is 9.27. The molecule has 4 rings (SSSR count). The van der Waals surface area contributed by atoms with Crippen LogP contribution in [0.25, 0.3) is 0 Å². The van der Waals surface area contributed by atoms with Gasteiger partial charge in [0.2, 0.25) is 5.91 Å². The van der Waals surface area contributed by atoms with Gasteiger partial charge in [-0.1, -0.05) is 36.4 Å². The number of likely N-dealkylation sites (tertiary alicyclic amines) is 1. The number of carbonyl (C=O) groups is 3. The maximum Gasteiger partial charge on any atom is 0.254 e. The molecular formula is C26H32N4O3. The van der Waals surface area contributed by atoms with E-state index < -0.39 is 5.54 Å². The van der Waals surface area contributed by atoms with Crippen molar-refractivity contribution in [2.45, 2.75) is 45.2 Å². The van der Waals surface area contributed by atoms with Gasteiger partial charge in [-0.3, -0.25) is 14.4 Å². The first-order valence-corrected chi connectivity index (χ1v) is 11.6. The lowest BCUT2D eigenvalue weighted by Gasteiger charge is -2.43. The van der Waals surface area contributed by atoms with Crippen LogP contribution in [0.5, 0.6) is 0 Å². The number of hydrogen-bond donors (Lipinski definition) is 1. The van der Waals surface area contributed by atoms with Crippen LogP contribution in [0, 0.1) is 6.92 Å². The molecule has 3 amide bonds. The van der Waals surface area contributed by atoms with E-state index in [2.05, 4.69) is 10.2 Å². The Morgan fingerprint density at radius 3 is 2.27 bits per heavy atom. The van der Waals surface area contributed by atoms with Crippen LogP contribution in [-0.4, -0.2) is 65.4 Å². The first-order chi connectivity index (χ1) is 15.8. The minimum Gasteiger partial charge on any atom is -0.352 e. The number of nitrogens with zero attached hydrogens (tertiary/aromatic N) is 3. The molecule has 0 unspecified atom stereocenters. The Morgan fingerprint density at radius 1 is 1.00 bits per heavy atom. The van der Waals surface area contributed by atoms with E-state index in [9.17, 15) is 14.4 Å². The number of para-hydroxylation sites is 1. The molecular weight excluding hydrogens is 416 g/mol. The first-order valence-electron chi connectivity index (χ1n) is 11.6. The molecule has 7 nitrogen and oxygen atoms in total. The van der Waals surface area contributed by atoms with E-state index in [1.54, 1.807) is 4.90 Å². The summed E-state index contributed by atoms with van der Waals surface area (Å²) in [5, 5.41) is 2.88. The van der Waals surface area contributed by atoms with E-state index in [4.69, 9.17) is 0 Å². The van der Waals surface area contributed by atoms with Crippen molar-refractivity contribution in [3.05, 3.63) is 65.7 Å². The van der Waals surface area contributed by atoms with Gasteiger partial charge in [0.15, 0.2) is 0 Å². The fraction of sp³-hybridized carbons (Fsp3) is 0.423. The molecule has 2 saturated heterocycles. The fourth-order valence-electron chi connectivity index (χ4n) is 4.93. The van der Waals surface area contributed by atoms with Gasteiger partial charge in [-0.2, -0.15) is 0 Å². The Hall–Kier alpha value is -3.35. The predicted octanol–water partition coefficient (Wildman–Crippen LogP) is 2.80. The van der Waals surface area contributed by atoms with Gasteiger partial charge in [0.1, 0.15) is 12.1 Å². The minimum absolute atomic E-state index is 0.00724. The summed E-state index contributed by atoms with van der Waals surface area (Å²) in [5.41, 5.74) is 1.87. The lowest BCUT2D eigenvalue weighted by Crippen LogP contribution is -2.57. The van der Waals surface area contributed by atoms with Crippen LogP contribution < -0.4 is 10.2 Å². The minimum atomic E-state index is -0.748. The van der Waals surface area contributed by atoms with Crippen LogP contribution in [0.4, 0.5) is 5.69 Å². The molecule has 2 aliphatic rings.